The number of ether oxygens (including phenoxy) is 1. The van der Waals surface area contributed by atoms with Crippen LogP contribution in [-0.2, 0) is 4.74 Å². The lowest BCUT2D eigenvalue weighted by Gasteiger charge is -2.22. The van der Waals surface area contributed by atoms with Crippen molar-refractivity contribution < 1.29 is 9.53 Å². The zero-order valence-corrected chi connectivity index (χ0v) is 14.5. The summed E-state index contributed by atoms with van der Waals surface area (Å²) < 4.78 is 7.36. The average Bonchev–Trinajstić information content (AvgIpc) is 3.14. The molecule has 25 heavy (non-hydrogen) atoms. The van der Waals surface area contributed by atoms with Crippen LogP contribution < -0.4 is 10.6 Å². The van der Waals surface area contributed by atoms with Crippen molar-refractivity contribution in [2.24, 2.45) is 0 Å². The molecule has 0 radical (unpaired) electrons. The number of aromatic nitrogens is 3. The first-order valence-corrected chi connectivity index (χ1v) is 8.86. The Morgan fingerprint density at radius 1 is 1.36 bits per heavy atom. The molecule has 1 aliphatic rings. The van der Waals surface area contributed by atoms with Crippen LogP contribution in [0, 0.1) is 0 Å². The molecule has 1 fully saturated rings. The van der Waals surface area contributed by atoms with Gasteiger partial charge in [-0.1, -0.05) is 23.4 Å². The van der Waals surface area contributed by atoms with Crippen molar-refractivity contribution in [3.8, 4) is 5.69 Å². The van der Waals surface area contributed by atoms with Crippen LogP contribution in [0.25, 0.3) is 5.69 Å². The van der Waals surface area contributed by atoms with E-state index in [1.807, 2.05) is 43.5 Å². The summed E-state index contributed by atoms with van der Waals surface area (Å²) >= 11 is 0. The largest absolute Gasteiger partial charge is 0.378 e. The minimum absolute atomic E-state index is 0.197. The Balaban J connectivity index is 1.44. The first-order chi connectivity index (χ1) is 12.2. The second-order valence-corrected chi connectivity index (χ2v) is 6.32. The van der Waals surface area contributed by atoms with Crippen molar-refractivity contribution in [2.45, 2.75) is 44.8 Å². The SMILES string of the molecule is C[C@H](NC(=O)NCC[C@H]1CCCCO1)c1cn(-c2ccccc2)nn1. The Bertz CT molecular complexity index is 667. The molecule has 1 saturated heterocycles. The number of carbonyl (C=O) groups excluding carboxylic acids is 1. The molecule has 0 unspecified atom stereocenters. The number of carbonyl (C=O) groups is 1. The highest BCUT2D eigenvalue weighted by atomic mass is 16.5. The van der Waals surface area contributed by atoms with E-state index in [1.165, 1.54) is 6.42 Å². The van der Waals surface area contributed by atoms with Gasteiger partial charge in [0, 0.05) is 13.2 Å². The number of hydrogen-bond acceptors (Lipinski definition) is 4. The van der Waals surface area contributed by atoms with Crippen LogP contribution in [0.5, 0.6) is 0 Å². The molecule has 2 atom stereocenters. The fourth-order valence-corrected chi connectivity index (χ4v) is 2.89. The fourth-order valence-electron chi connectivity index (χ4n) is 2.89. The molecule has 1 aromatic carbocycles. The van der Waals surface area contributed by atoms with Gasteiger partial charge in [0.2, 0.25) is 0 Å². The van der Waals surface area contributed by atoms with Crippen molar-refractivity contribution >= 4 is 6.03 Å². The maximum atomic E-state index is 12.0. The van der Waals surface area contributed by atoms with Crippen LogP contribution >= 0.6 is 0 Å². The number of nitrogens with zero attached hydrogens (tertiary/aromatic N) is 3. The van der Waals surface area contributed by atoms with Crippen LogP contribution in [0.4, 0.5) is 4.79 Å². The van der Waals surface area contributed by atoms with Crippen molar-refractivity contribution in [2.75, 3.05) is 13.2 Å². The monoisotopic (exact) mass is 343 g/mol. The van der Waals surface area contributed by atoms with Crippen LogP contribution in [0.1, 0.15) is 44.3 Å². The van der Waals surface area contributed by atoms with Gasteiger partial charge in [0.05, 0.1) is 24.0 Å². The molecule has 7 nitrogen and oxygen atoms in total. The molecule has 0 spiro atoms. The molecule has 2 aromatic rings. The highest BCUT2D eigenvalue weighted by molar-refractivity contribution is 5.74. The molecule has 7 heteroatoms. The second-order valence-electron chi connectivity index (χ2n) is 6.32. The number of amides is 2. The molecule has 0 aliphatic carbocycles. The summed E-state index contributed by atoms with van der Waals surface area (Å²) in [6.45, 7) is 3.34. The third kappa shape index (κ3) is 5.03. The van der Waals surface area contributed by atoms with E-state index in [4.69, 9.17) is 4.74 Å². The molecule has 3 rings (SSSR count). The summed E-state index contributed by atoms with van der Waals surface area (Å²) in [5, 5.41) is 14.0. The van der Waals surface area contributed by atoms with E-state index in [1.54, 1.807) is 4.68 Å². The van der Waals surface area contributed by atoms with E-state index in [2.05, 4.69) is 20.9 Å². The van der Waals surface area contributed by atoms with Gasteiger partial charge in [-0.15, -0.1) is 5.10 Å². The van der Waals surface area contributed by atoms with E-state index in [-0.39, 0.29) is 18.2 Å². The quantitative estimate of drug-likeness (QED) is 0.845. The maximum Gasteiger partial charge on any atom is 0.315 e. The average molecular weight is 343 g/mol. The van der Waals surface area contributed by atoms with Gasteiger partial charge in [0.15, 0.2) is 0 Å². The summed E-state index contributed by atoms with van der Waals surface area (Å²) in [4.78, 5) is 12.0. The minimum atomic E-state index is -0.219. The van der Waals surface area contributed by atoms with E-state index < -0.39 is 0 Å². The Morgan fingerprint density at radius 2 is 2.20 bits per heavy atom. The molecule has 1 aliphatic heterocycles. The van der Waals surface area contributed by atoms with Crippen LogP contribution in [0.15, 0.2) is 36.5 Å². The predicted octanol–water partition coefficient (Wildman–Crippen LogP) is 2.59. The summed E-state index contributed by atoms with van der Waals surface area (Å²) in [6, 6.07) is 9.34. The van der Waals surface area contributed by atoms with Gasteiger partial charge in [-0.25, -0.2) is 9.48 Å². The van der Waals surface area contributed by atoms with Gasteiger partial charge < -0.3 is 15.4 Å². The highest BCUT2D eigenvalue weighted by Gasteiger charge is 2.16. The minimum Gasteiger partial charge on any atom is -0.378 e. The van der Waals surface area contributed by atoms with Crippen LogP contribution in [-0.4, -0.2) is 40.3 Å². The number of benzene rings is 1. The Hall–Kier alpha value is -2.41. The van der Waals surface area contributed by atoms with Gasteiger partial charge >= 0.3 is 6.03 Å². The molecule has 2 amide bonds. The highest BCUT2D eigenvalue weighted by Crippen LogP contribution is 2.15. The van der Waals surface area contributed by atoms with Gasteiger partial charge in [0.25, 0.3) is 0 Å². The number of urea groups is 1. The third-order valence-corrected chi connectivity index (χ3v) is 4.35. The Kier molecular flexibility index (Phi) is 6.00. The number of rotatable bonds is 6. The second kappa shape index (κ2) is 8.62. The number of para-hydroxylation sites is 1. The molecule has 0 bridgehead atoms. The van der Waals surface area contributed by atoms with Gasteiger partial charge in [-0.3, -0.25) is 0 Å². The Labute approximate surface area is 147 Å². The third-order valence-electron chi connectivity index (χ3n) is 4.35. The molecule has 0 saturated carbocycles. The normalized spacial score (nSPS) is 18.5. The topological polar surface area (TPSA) is 81.1 Å². The standard InChI is InChI=1S/C18H25N5O2/c1-14(17-13-23(22-21-17)15-7-3-2-4-8-15)20-18(24)19-11-10-16-9-5-6-12-25-16/h2-4,7-8,13-14,16H,5-6,9-12H2,1H3,(H2,19,20,24)/t14-,16+/m0/s1. The van der Waals surface area contributed by atoms with E-state index in [0.29, 0.717) is 6.54 Å². The number of hydrogen-bond donors (Lipinski definition) is 2. The van der Waals surface area contributed by atoms with Gasteiger partial charge in [-0.2, -0.15) is 0 Å². The Morgan fingerprint density at radius 3 is 2.96 bits per heavy atom. The molecule has 134 valence electrons. The summed E-state index contributed by atoms with van der Waals surface area (Å²) in [5.41, 5.74) is 1.65. The lowest BCUT2D eigenvalue weighted by Crippen LogP contribution is -2.38. The fraction of sp³-hybridized carbons (Fsp3) is 0.500. The zero-order valence-electron chi connectivity index (χ0n) is 14.5. The van der Waals surface area contributed by atoms with E-state index in [9.17, 15) is 4.79 Å². The summed E-state index contributed by atoms with van der Waals surface area (Å²) in [7, 11) is 0. The molecule has 2 heterocycles. The van der Waals surface area contributed by atoms with Gasteiger partial charge in [-0.05, 0) is 44.7 Å². The molecule has 1 aromatic heterocycles. The van der Waals surface area contributed by atoms with Crippen molar-refractivity contribution in [3.05, 3.63) is 42.2 Å². The first-order valence-electron chi connectivity index (χ1n) is 8.86. The maximum absolute atomic E-state index is 12.0. The molecular weight excluding hydrogens is 318 g/mol. The van der Waals surface area contributed by atoms with Crippen molar-refractivity contribution in [1.82, 2.24) is 25.6 Å². The van der Waals surface area contributed by atoms with Crippen molar-refractivity contribution in [3.63, 3.8) is 0 Å². The smallest absolute Gasteiger partial charge is 0.315 e. The number of nitrogens with one attached hydrogen (secondary N) is 2. The van der Waals surface area contributed by atoms with Crippen molar-refractivity contribution in [1.29, 1.82) is 0 Å². The van der Waals surface area contributed by atoms with Crippen LogP contribution in [0.2, 0.25) is 0 Å². The van der Waals surface area contributed by atoms with E-state index >= 15 is 0 Å². The van der Waals surface area contributed by atoms with Crippen LogP contribution in [0.3, 0.4) is 0 Å². The lowest BCUT2D eigenvalue weighted by atomic mass is 10.1. The van der Waals surface area contributed by atoms with E-state index in [0.717, 1.165) is 37.3 Å². The summed E-state index contributed by atoms with van der Waals surface area (Å²) in [5.74, 6) is 0. The predicted molar refractivity (Wildman–Crippen MR) is 94.5 cm³/mol. The lowest BCUT2D eigenvalue weighted by molar-refractivity contribution is 0.0120. The zero-order chi connectivity index (χ0) is 17.5. The summed E-state index contributed by atoms with van der Waals surface area (Å²) in [6.07, 6.45) is 6.40. The molecule has 2 N–H and O–H groups in total. The first kappa shape index (κ1) is 17.4. The van der Waals surface area contributed by atoms with Gasteiger partial charge in [0.1, 0.15) is 5.69 Å². The molecular formula is C18H25N5O2.